The molecule has 0 amide bonds. The van der Waals surface area contributed by atoms with Gasteiger partial charge in [-0.2, -0.15) is 0 Å². The van der Waals surface area contributed by atoms with Gasteiger partial charge in [-0.15, -0.1) is 0 Å². The first kappa shape index (κ1) is 22.6. The van der Waals surface area contributed by atoms with E-state index in [0.717, 1.165) is 21.2 Å². The van der Waals surface area contributed by atoms with Gasteiger partial charge in [0.1, 0.15) is 0 Å². The minimum atomic E-state index is -1.45. The third-order valence-corrected chi connectivity index (χ3v) is 6.04. The van der Waals surface area contributed by atoms with Crippen LogP contribution in [0, 0.1) is 0 Å². The summed E-state index contributed by atoms with van der Waals surface area (Å²) in [6.45, 7) is 0. The summed E-state index contributed by atoms with van der Waals surface area (Å²) in [5, 5.41) is 20.9. The first-order valence-corrected chi connectivity index (χ1v) is 9.14. The summed E-state index contributed by atoms with van der Waals surface area (Å²) in [6, 6.07) is 28.2. The molecule has 0 aromatic heterocycles. The molecule has 1 atom stereocenters. The molecule has 0 saturated heterocycles. The van der Waals surface area contributed by atoms with Crippen LogP contribution in [-0.4, -0.2) is 16.5 Å². The minimum absolute atomic E-state index is 0. The van der Waals surface area contributed by atoms with Crippen LogP contribution in [0.5, 0.6) is 0 Å². The van der Waals surface area contributed by atoms with Gasteiger partial charge < -0.3 is 10.2 Å². The van der Waals surface area contributed by atoms with Crippen LogP contribution in [0.25, 0.3) is 0 Å². The fourth-order valence-corrected chi connectivity index (χ4v) is 4.53. The molecule has 0 heterocycles. The maximum atomic E-state index is 10.5. The van der Waals surface area contributed by atoms with E-state index in [2.05, 4.69) is 40.2 Å². The largest absolute Gasteiger partial charge is 0.367 e. The van der Waals surface area contributed by atoms with Crippen LogP contribution in [0.2, 0.25) is 0 Å². The van der Waals surface area contributed by atoms with E-state index >= 15 is 0 Å². The van der Waals surface area contributed by atoms with E-state index < -0.39 is 17.1 Å². The first-order valence-electron chi connectivity index (χ1n) is 8.34. The van der Waals surface area contributed by atoms with Crippen molar-refractivity contribution in [2.24, 2.45) is 0 Å². The Morgan fingerprint density at radius 2 is 1.11 bits per heavy atom. The average molecular weight is 601 g/mol. The summed E-state index contributed by atoms with van der Waals surface area (Å²) in [5.41, 5.74) is 1.96. The molecule has 2 radical (unpaired) electrons. The zero-order valence-corrected chi connectivity index (χ0v) is 19.2. The Hall–Kier alpha value is -0.693. The van der Waals surface area contributed by atoms with Gasteiger partial charge in [-0.3, -0.25) is 0 Å². The molecule has 144 valence electrons. The quantitative estimate of drug-likeness (QED) is 0.345. The van der Waals surface area contributed by atoms with Crippen molar-refractivity contribution >= 4 is 15.9 Å². The van der Waals surface area contributed by atoms with Gasteiger partial charge in [-0.05, 0) is 35.2 Å². The fraction of sp³-hybridized carbons (Fsp3) is 0.182. The maximum Gasteiger partial charge on any atom is 0.162 e. The Labute approximate surface area is 193 Å². The van der Waals surface area contributed by atoms with E-state index in [9.17, 15) is 10.2 Å². The van der Waals surface area contributed by atoms with Gasteiger partial charge in [-0.25, -0.2) is 0 Å². The Morgan fingerprint density at radius 1 is 0.667 bits per heavy atom. The zero-order chi connectivity index (χ0) is 17.5. The van der Waals surface area contributed by atoms with Crippen molar-refractivity contribution in [3.8, 4) is 0 Å². The van der Waals surface area contributed by atoms with Gasteiger partial charge in [0.15, 0.2) is 6.29 Å². The smallest absolute Gasteiger partial charge is 0.162 e. The number of aliphatic hydroxyl groups excluding tert-OH is 1. The molecule has 1 fully saturated rings. The van der Waals surface area contributed by atoms with Crippen molar-refractivity contribution < 1.29 is 49.2 Å². The van der Waals surface area contributed by atoms with Crippen LogP contribution in [0.4, 0.5) is 0 Å². The summed E-state index contributed by atoms with van der Waals surface area (Å²) in [6.07, 6.45) is -0.790. The third kappa shape index (κ3) is 3.54. The number of aliphatic hydroxyl groups is 2. The molecule has 2 N–H and O–H groups in total. The molecule has 5 heteroatoms. The number of hydrogen-bond acceptors (Lipinski definition) is 2. The number of rotatable bonds is 4. The third-order valence-electron chi connectivity index (χ3n) is 5.51. The van der Waals surface area contributed by atoms with Gasteiger partial charge in [-0.1, -0.05) is 88.7 Å². The molecule has 1 saturated carbocycles. The van der Waals surface area contributed by atoms with E-state index in [1.165, 1.54) is 0 Å². The second kappa shape index (κ2) is 8.76. The summed E-state index contributed by atoms with van der Waals surface area (Å²) < 4.78 is 0.976. The Bertz CT molecular complexity index is 830. The van der Waals surface area contributed by atoms with Crippen molar-refractivity contribution in [1.82, 2.24) is 0 Å². The predicted molar refractivity (Wildman–Crippen MR) is 102 cm³/mol. The van der Waals surface area contributed by atoms with Gasteiger partial charge in [0.2, 0.25) is 0 Å². The first-order chi connectivity index (χ1) is 12.1. The average Bonchev–Trinajstić information content (AvgIpc) is 3.37. The summed E-state index contributed by atoms with van der Waals surface area (Å²) in [5.74, 6) is 0. The van der Waals surface area contributed by atoms with Crippen LogP contribution in [-0.2, 0) is 49.8 Å². The van der Waals surface area contributed by atoms with Gasteiger partial charge in [0.05, 0.1) is 5.41 Å². The molecule has 2 nitrogen and oxygen atoms in total. The second-order valence-corrected chi connectivity index (χ2v) is 7.58. The summed E-state index contributed by atoms with van der Waals surface area (Å²) >= 11 is 3.46. The Kier molecular flexibility index (Phi) is 7.33. The molecule has 0 bridgehead atoms. The SMILES string of the molecule is OC(O)[C@]1(c2ccc(Br)cc2)CC1(c1ccccc1)c1ccccc1.[Rh].[Rh]. The molecule has 1 aliphatic carbocycles. The van der Waals surface area contributed by atoms with E-state index in [0.29, 0.717) is 6.42 Å². The number of benzene rings is 3. The van der Waals surface area contributed by atoms with Gasteiger partial charge in [0.25, 0.3) is 0 Å². The molecule has 3 aromatic rings. The molecule has 4 rings (SSSR count). The Morgan fingerprint density at radius 3 is 1.52 bits per heavy atom. The number of hydrogen-bond donors (Lipinski definition) is 2. The van der Waals surface area contributed by atoms with E-state index in [1.807, 2.05) is 60.7 Å². The molecular weight excluding hydrogens is 582 g/mol. The minimum Gasteiger partial charge on any atom is -0.367 e. The molecule has 27 heavy (non-hydrogen) atoms. The molecule has 3 aromatic carbocycles. The molecular formula is C22H19BrO2Rh2. The van der Waals surface area contributed by atoms with Crippen LogP contribution >= 0.6 is 15.9 Å². The second-order valence-electron chi connectivity index (χ2n) is 6.67. The van der Waals surface area contributed by atoms with Gasteiger partial charge >= 0.3 is 0 Å². The van der Waals surface area contributed by atoms with Crippen LogP contribution in [0.3, 0.4) is 0 Å². The topological polar surface area (TPSA) is 40.5 Å². The van der Waals surface area contributed by atoms with Crippen molar-refractivity contribution in [3.63, 3.8) is 0 Å². The zero-order valence-electron chi connectivity index (χ0n) is 14.3. The molecule has 0 unspecified atom stereocenters. The predicted octanol–water partition coefficient (Wildman–Crippen LogP) is 4.38. The fourth-order valence-electron chi connectivity index (χ4n) is 4.26. The van der Waals surface area contributed by atoms with E-state index in [4.69, 9.17) is 0 Å². The van der Waals surface area contributed by atoms with E-state index in [1.54, 1.807) is 0 Å². The van der Waals surface area contributed by atoms with Crippen molar-refractivity contribution in [2.45, 2.75) is 23.5 Å². The van der Waals surface area contributed by atoms with Gasteiger partial charge in [0, 0.05) is 48.8 Å². The molecule has 1 aliphatic rings. The Balaban J connectivity index is 0.00000131. The van der Waals surface area contributed by atoms with E-state index in [-0.39, 0.29) is 39.0 Å². The van der Waals surface area contributed by atoms with Crippen molar-refractivity contribution in [2.75, 3.05) is 0 Å². The normalized spacial score (nSPS) is 19.7. The number of halogens is 1. The molecule has 0 aliphatic heterocycles. The van der Waals surface area contributed by atoms with Crippen molar-refractivity contribution in [1.29, 1.82) is 0 Å². The van der Waals surface area contributed by atoms with Crippen LogP contribution < -0.4 is 0 Å². The van der Waals surface area contributed by atoms with Crippen molar-refractivity contribution in [3.05, 3.63) is 106 Å². The summed E-state index contributed by atoms with van der Waals surface area (Å²) in [4.78, 5) is 0. The molecule has 0 spiro atoms. The maximum absolute atomic E-state index is 10.5. The summed E-state index contributed by atoms with van der Waals surface area (Å²) in [7, 11) is 0. The standard InChI is InChI=1S/C22H19BrO2.2Rh/c23-19-13-11-18(12-14-19)22(20(24)25)15-21(22,16-7-3-1-4-8-16)17-9-5-2-6-10-17;;/h1-14,20,24-25H,15H2;;/t22-;;/m1../s1. The monoisotopic (exact) mass is 600 g/mol. The van der Waals surface area contributed by atoms with Crippen LogP contribution in [0.15, 0.2) is 89.4 Å². The van der Waals surface area contributed by atoms with Crippen LogP contribution in [0.1, 0.15) is 23.1 Å².